The molecule has 0 unspecified atom stereocenters. The monoisotopic (exact) mass is 958 g/mol. The first-order chi connectivity index (χ1) is 7.25. The standard InChI is InChI=1S/2C4H10O4.5Cd.8H2O/c2*5-3(6)1-2-4(7)8;;;;;;;;;;;;;/h2*3-8H,1-2H2;;;;;;8*1H2. The van der Waals surface area contributed by atoms with Crippen molar-refractivity contribution in [2.45, 2.75) is 50.8 Å². The minimum Gasteiger partial charge on any atom is -0.412 e. The van der Waals surface area contributed by atoms with Crippen LogP contribution in [0.1, 0.15) is 25.7 Å². The number of hydrogen-bond acceptors (Lipinski definition) is 8. The van der Waals surface area contributed by atoms with Crippen LogP contribution in [0.15, 0.2) is 0 Å². The first kappa shape index (κ1) is 104. The molecule has 29 heavy (non-hydrogen) atoms. The van der Waals surface area contributed by atoms with Crippen molar-refractivity contribution < 1.29 is 221 Å². The molecular formula is C8H36Cd5O16. The summed E-state index contributed by atoms with van der Waals surface area (Å²) >= 11 is 0. The Bertz CT molecular complexity index is 129. The van der Waals surface area contributed by atoms with Gasteiger partial charge in [-0.3, -0.25) is 0 Å². The predicted molar refractivity (Wildman–Crippen MR) is 80.3 cm³/mol. The maximum absolute atomic E-state index is 8.13. The van der Waals surface area contributed by atoms with Gasteiger partial charge < -0.3 is 84.7 Å². The quantitative estimate of drug-likeness (QED) is 0.0932. The van der Waals surface area contributed by atoms with Crippen LogP contribution in [0.5, 0.6) is 0 Å². The van der Waals surface area contributed by atoms with Crippen LogP contribution < -0.4 is 0 Å². The smallest absolute Gasteiger partial charge is 0.151 e. The minimum absolute atomic E-state index is 0. The van der Waals surface area contributed by atoms with E-state index in [9.17, 15) is 0 Å². The fourth-order valence-electron chi connectivity index (χ4n) is 0.596. The number of aliphatic hydroxyl groups is 8. The summed E-state index contributed by atoms with van der Waals surface area (Å²) in [7, 11) is 0. The average molecular weight is 950 g/mol. The Labute approximate surface area is 268 Å². The third-order valence-corrected chi connectivity index (χ3v) is 1.37. The van der Waals surface area contributed by atoms with E-state index < -0.39 is 25.2 Å². The third-order valence-electron chi connectivity index (χ3n) is 1.37. The molecule has 0 aromatic rings. The van der Waals surface area contributed by atoms with E-state index in [4.69, 9.17) is 40.9 Å². The van der Waals surface area contributed by atoms with Crippen LogP contribution in [0, 0.1) is 0 Å². The molecule has 0 amide bonds. The second kappa shape index (κ2) is 76.9. The van der Waals surface area contributed by atoms with E-state index in [1.165, 1.54) is 0 Å². The molecule has 174 valence electrons. The molecule has 0 fully saturated rings. The van der Waals surface area contributed by atoms with Gasteiger partial charge in [0.05, 0.1) is 0 Å². The number of aliphatic hydroxyl groups excluding tert-OH is 4. The predicted octanol–water partition coefficient (Wildman–Crippen LogP) is -9.83. The van der Waals surface area contributed by atoms with Gasteiger partial charge in [-0.25, -0.2) is 0 Å². The topological polar surface area (TPSA) is 414 Å². The van der Waals surface area contributed by atoms with Gasteiger partial charge in [0, 0.05) is 162 Å². The van der Waals surface area contributed by atoms with Crippen molar-refractivity contribution in [2.75, 3.05) is 0 Å². The molecule has 24 N–H and O–H groups in total. The van der Waals surface area contributed by atoms with Crippen LogP contribution in [-0.4, -0.2) is 110 Å². The molecule has 0 aromatic carbocycles. The Kier molecular flexibility index (Phi) is 277. The minimum atomic E-state index is -1.43. The maximum atomic E-state index is 8.13. The molecule has 0 rings (SSSR count). The molecule has 0 atom stereocenters. The van der Waals surface area contributed by atoms with Crippen LogP contribution in [-0.2, 0) is 136 Å². The molecule has 21 heteroatoms. The van der Waals surface area contributed by atoms with E-state index in [1.807, 2.05) is 0 Å². The van der Waals surface area contributed by atoms with Crippen molar-refractivity contribution in [3.05, 3.63) is 0 Å². The Morgan fingerprint density at radius 2 is 0.345 bits per heavy atom. The van der Waals surface area contributed by atoms with E-state index in [2.05, 4.69) is 0 Å². The van der Waals surface area contributed by atoms with Gasteiger partial charge in [-0.1, -0.05) is 0 Å². The van der Waals surface area contributed by atoms with Crippen molar-refractivity contribution in [2.24, 2.45) is 0 Å². The van der Waals surface area contributed by atoms with E-state index in [1.54, 1.807) is 0 Å². The summed E-state index contributed by atoms with van der Waals surface area (Å²) in [5.41, 5.74) is 0. The van der Waals surface area contributed by atoms with E-state index in [0.29, 0.717) is 0 Å². The Morgan fingerprint density at radius 1 is 0.276 bits per heavy atom. The second-order valence-electron chi connectivity index (χ2n) is 3.08. The van der Waals surface area contributed by atoms with Crippen LogP contribution in [0.4, 0.5) is 0 Å². The molecule has 0 spiro atoms. The summed E-state index contributed by atoms with van der Waals surface area (Å²) < 4.78 is 0. The van der Waals surface area contributed by atoms with Crippen LogP contribution in [0.2, 0.25) is 0 Å². The first-order valence-corrected chi connectivity index (χ1v) is 4.70. The molecule has 0 aliphatic heterocycles. The van der Waals surface area contributed by atoms with Crippen LogP contribution in [0.25, 0.3) is 0 Å². The number of hydrogen-bond donors (Lipinski definition) is 8. The van der Waals surface area contributed by atoms with Crippen LogP contribution in [0.3, 0.4) is 0 Å². The van der Waals surface area contributed by atoms with Gasteiger partial charge in [0.2, 0.25) is 0 Å². The number of rotatable bonds is 6. The third kappa shape index (κ3) is 147. The SMILES string of the molecule is O.O.O.O.O.O.O.O.OC(O)CCC(O)O.OC(O)CCC(O)O.[Cd].[Cd].[Cd].[Cd].[Cd]. The van der Waals surface area contributed by atoms with Gasteiger partial charge in [0.1, 0.15) is 0 Å². The van der Waals surface area contributed by atoms with Crippen molar-refractivity contribution >= 4 is 0 Å². The Hall–Kier alpha value is 3.97. The molecule has 16 nitrogen and oxygen atoms in total. The molecule has 0 radical (unpaired) electrons. The summed E-state index contributed by atoms with van der Waals surface area (Å²) in [4.78, 5) is 0. The zero-order valence-corrected chi connectivity index (χ0v) is 36.4. The second-order valence-corrected chi connectivity index (χ2v) is 3.08. The molecule has 0 aliphatic rings. The maximum Gasteiger partial charge on any atom is 0.151 e. The largest absolute Gasteiger partial charge is 0.412 e. The summed E-state index contributed by atoms with van der Waals surface area (Å²) in [6.45, 7) is 0. The molecule has 0 bridgehead atoms. The molecule has 0 saturated heterocycles. The van der Waals surface area contributed by atoms with Crippen LogP contribution >= 0.6 is 0 Å². The summed E-state index contributed by atoms with van der Waals surface area (Å²) in [5.74, 6) is 0. The molecule has 0 heterocycles. The van der Waals surface area contributed by atoms with E-state index in [-0.39, 0.29) is 206 Å². The van der Waals surface area contributed by atoms with Crippen molar-refractivity contribution in [3.8, 4) is 0 Å². The zero-order chi connectivity index (χ0) is 13.1. The summed E-state index contributed by atoms with van der Waals surface area (Å²) in [6, 6.07) is 0. The molecule has 0 aromatic heterocycles. The Morgan fingerprint density at radius 3 is 0.379 bits per heavy atom. The fraction of sp³-hybridized carbons (Fsp3) is 1.00. The van der Waals surface area contributed by atoms with E-state index in [0.717, 1.165) is 0 Å². The van der Waals surface area contributed by atoms with Crippen molar-refractivity contribution in [1.82, 2.24) is 0 Å². The van der Waals surface area contributed by atoms with Crippen molar-refractivity contribution in [1.29, 1.82) is 0 Å². The average Bonchev–Trinajstić information content (AvgIpc) is 2.12. The van der Waals surface area contributed by atoms with Gasteiger partial charge in [0.15, 0.2) is 25.2 Å². The Balaban J connectivity index is -0.00000000718. The normalized spacial score (nSPS) is 6.21. The fourth-order valence-corrected chi connectivity index (χ4v) is 0.596. The summed E-state index contributed by atoms with van der Waals surface area (Å²) in [6.07, 6.45) is -5.74. The first-order valence-electron chi connectivity index (χ1n) is 4.70. The van der Waals surface area contributed by atoms with Gasteiger partial charge in [-0.05, 0) is 0 Å². The molecule has 0 aliphatic carbocycles. The zero-order valence-electron chi connectivity index (χ0n) is 16.3. The van der Waals surface area contributed by atoms with Gasteiger partial charge in [0.25, 0.3) is 0 Å². The van der Waals surface area contributed by atoms with Gasteiger partial charge >= 0.3 is 0 Å². The van der Waals surface area contributed by atoms with E-state index >= 15 is 0 Å². The summed E-state index contributed by atoms with van der Waals surface area (Å²) in [5, 5.41) is 65.1. The van der Waals surface area contributed by atoms with Gasteiger partial charge in [-0.2, -0.15) is 0 Å². The molecule has 0 saturated carbocycles. The van der Waals surface area contributed by atoms with Gasteiger partial charge in [-0.15, -0.1) is 0 Å². The van der Waals surface area contributed by atoms with Crippen molar-refractivity contribution in [3.63, 3.8) is 0 Å². The molecular weight excluding hydrogens is 914 g/mol.